The average molecular weight is 287 g/mol. The Hall–Kier alpha value is -2.44. The van der Waals surface area contributed by atoms with Gasteiger partial charge < -0.3 is 14.6 Å². The van der Waals surface area contributed by atoms with E-state index in [4.69, 9.17) is 4.42 Å². The topological polar surface area (TPSA) is 84.2 Å². The van der Waals surface area contributed by atoms with E-state index < -0.39 is 0 Å². The zero-order valence-corrected chi connectivity index (χ0v) is 11.8. The first-order valence-corrected chi connectivity index (χ1v) is 6.96. The Morgan fingerprint density at radius 2 is 2.33 bits per heavy atom. The van der Waals surface area contributed by atoms with Crippen molar-refractivity contribution < 1.29 is 9.21 Å². The van der Waals surface area contributed by atoms with Gasteiger partial charge in [0, 0.05) is 31.5 Å². The van der Waals surface area contributed by atoms with Crippen LogP contribution >= 0.6 is 0 Å². The third kappa shape index (κ3) is 3.01. The number of carbonyl (C=O) groups excluding carboxylic acids is 1. The average Bonchev–Trinajstić information content (AvgIpc) is 2.95. The highest BCUT2D eigenvalue weighted by atomic mass is 16.3. The molecule has 0 radical (unpaired) electrons. The SMILES string of the molecule is Cc1ocnc1C(=O)N[C@H]1CCCN(c2cnccn2)C1. The summed E-state index contributed by atoms with van der Waals surface area (Å²) in [4.78, 5) is 26.6. The van der Waals surface area contributed by atoms with E-state index in [0.29, 0.717) is 11.5 Å². The van der Waals surface area contributed by atoms with Crippen LogP contribution in [-0.2, 0) is 0 Å². The molecular formula is C14H17N5O2. The Morgan fingerprint density at radius 1 is 1.43 bits per heavy atom. The molecule has 1 aliphatic heterocycles. The van der Waals surface area contributed by atoms with Crippen molar-refractivity contribution in [1.82, 2.24) is 20.3 Å². The maximum Gasteiger partial charge on any atom is 0.273 e. The maximum atomic E-state index is 12.2. The number of nitrogens with zero attached hydrogens (tertiary/aromatic N) is 4. The third-order valence-corrected chi connectivity index (χ3v) is 3.59. The number of aromatic nitrogens is 3. The molecule has 1 aliphatic rings. The summed E-state index contributed by atoms with van der Waals surface area (Å²) in [6, 6.07) is 0.0735. The minimum atomic E-state index is -0.188. The molecule has 1 fully saturated rings. The van der Waals surface area contributed by atoms with Crippen molar-refractivity contribution in [2.45, 2.75) is 25.8 Å². The number of aryl methyl sites for hydroxylation is 1. The molecule has 1 amide bonds. The Kier molecular flexibility index (Phi) is 3.81. The second-order valence-electron chi connectivity index (χ2n) is 5.08. The van der Waals surface area contributed by atoms with Crippen LogP contribution in [0.3, 0.4) is 0 Å². The molecule has 0 aliphatic carbocycles. The van der Waals surface area contributed by atoms with Crippen LogP contribution in [0.4, 0.5) is 5.82 Å². The quantitative estimate of drug-likeness (QED) is 0.912. The molecule has 110 valence electrons. The van der Waals surface area contributed by atoms with Crippen LogP contribution in [0.15, 0.2) is 29.4 Å². The Balaban J connectivity index is 1.64. The van der Waals surface area contributed by atoms with Crippen molar-refractivity contribution in [3.63, 3.8) is 0 Å². The molecule has 2 aromatic rings. The maximum absolute atomic E-state index is 12.2. The minimum Gasteiger partial charge on any atom is -0.448 e. The highest BCUT2D eigenvalue weighted by Gasteiger charge is 2.24. The highest BCUT2D eigenvalue weighted by molar-refractivity contribution is 5.93. The highest BCUT2D eigenvalue weighted by Crippen LogP contribution is 2.17. The van der Waals surface area contributed by atoms with Gasteiger partial charge in [-0.05, 0) is 19.8 Å². The summed E-state index contributed by atoms with van der Waals surface area (Å²) < 4.78 is 5.06. The van der Waals surface area contributed by atoms with Gasteiger partial charge in [0.1, 0.15) is 11.6 Å². The number of anilines is 1. The minimum absolute atomic E-state index is 0.0735. The molecule has 7 nitrogen and oxygen atoms in total. The van der Waals surface area contributed by atoms with Crippen molar-refractivity contribution in [2.75, 3.05) is 18.0 Å². The van der Waals surface area contributed by atoms with Crippen LogP contribution in [0.1, 0.15) is 29.1 Å². The fourth-order valence-corrected chi connectivity index (χ4v) is 2.53. The molecule has 0 aromatic carbocycles. The van der Waals surface area contributed by atoms with E-state index in [-0.39, 0.29) is 11.9 Å². The van der Waals surface area contributed by atoms with Gasteiger partial charge in [-0.15, -0.1) is 0 Å². The molecule has 0 saturated carbocycles. The molecule has 3 heterocycles. The second-order valence-corrected chi connectivity index (χ2v) is 5.08. The van der Waals surface area contributed by atoms with Gasteiger partial charge in [0.15, 0.2) is 12.1 Å². The largest absolute Gasteiger partial charge is 0.448 e. The van der Waals surface area contributed by atoms with E-state index in [2.05, 4.69) is 25.2 Å². The van der Waals surface area contributed by atoms with E-state index in [1.54, 1.807) is 25.5 Å². The Bertz CT molecular complexity index is 613. The fraction of sp³-hybridized carbons (Fsp3) is 0.429. The first-order chi connectivity index (χ1) is 10.2. The number of carbonyl (C=O) groups is 1. The Morgan fingerprint density at radius 3 is 3.05 bits per heavy atom. The molecule has 2 aromatic heterocycles. The normalized spacial score (nSPS) is 18.5. The summed E-state index contributed by atoms with van der Waals surface area (Å²) in [5.41, 5.74) is 0.353. The Labute approximate surface area is 122 Å². The number of rotatable bonds is 3. The molecule has 1 atom stereocenters. The van der Waals surface area contributed by atoms with Crippen LogP contribution in [0, 0.1) is 6.92 Å². The van der Waals surface area contributed by atoms with Crippen LogP contribution in [0.2, 0.25) is 0 Å². The van der Waals surface area contributed by atoms with E-state index in [9.17, 15) is 4.79 Å². The lowest BCUT2D eigenvalue weighted by molar-refractivity contribution is 0.0927. The van der Waals surface area contributed by atoms with Crippen molar-refractivity contribution in [3.8, 4) is 0 Å². The molecular weight excluding hydrogens is 270 g/mol. The van der Waals surface area contributed by atoms with Crippen LogP contribution in [0.25, 0.3) is 0 Å². The van der Waals surface area contributed by atoms with Gasteiger partial charge in [-0.2, -0.15) is 0 Å². The number of amides is 1. The van der Waals surface area contributed by atoms with Gasteiger partial charge in [-0.3, -0.25) is 9.78 Å². The fourth-order valence-electron chi connectivity index (χ4n) is 2.53. The second kappa shape index (κ2) is 5.90. The van der Waals surface area contributed by atoms with Gasteiger partial charge in [0.25, 0.3) is 5.91 Å². The van der Waals surface area contributed by atoms with Crippen molar-refractivity contribution in [1.29, 1.82) is 0 Å². The number of oxazole rings is 1. The summed E-state index contributed by atoms with van der Waals surface area (Å²) in [7, 11) is 0. The third-order valence-electron chi connectivity index (χ3n) is 3.59. The summed E-state index contributed by atoms with van der Waals surface area (Å²) in [6.07, 6.45) is 8.30. The standard InChI is InChI=1S/C14H17N5O2/c1-10-13(17-9-21-10)14(20)18-11-3-2-6-19(8-11)12-7-15-4-5-16-12/h4-5,7,9,11H,2-3,6,8H2,1H3,(H,18,20)/t11-/m0/s1. The molecule has 21 heavy (non-hydrogen) atoms. The van der Waals surface area contributed by atoms with Gasteiger partial charge in [0.05, 0.1) is 6.20 Å². The van der Waals surface area contributed by atoms with Gasteiger partial charge in [-0.1, -0.05) is 0 Å². The van der Waals surface area contributed by atoms with Crippen molar-refractivity contribution >= 4 is 11.7 Å². The van der Waals surface area contributed by atoms with Gasteiger partial charge >= 0.3 is 0 Å². The van der Waals surface area contributed by atoms with Gasteiger partial charge in [-0.25, -0.2) is 9.97 Å². The molecule has 1 saturated heterocycles. The number of piperidine rings is 1. The van der Waals surface area contributed by atoms with E-state index >= 15 is 0 Å². The summed E-state index contributed by atoms with van der Waals surface area (Å²) >= 11 is 0. The molecule has 1 N–H and O–H groups in total. The van der Waals surface area contributed by atoms with Crippen LogP contribution in [-0.4, -0.2) is 40.0 Å². The van der Waals surface area contributed by atoms with E-state index in [1.165, 1.54) is 6.39 Å². The zero-order valence-electron chi connectivity index (χ0n) is 11.8. The lowest BCUT2D eigenvalue weighted by Crippen LogP contribution is -2.48. The molecule has 0 bridgehead atoms. The van der Waals surface area contributed by atoms with Gasteiger partial charge in [0.2, 0.25) is 0 Å². The lowest BCUT2D eigenvalue weighted by Gasteiger charge is -2.33. The summed E-state index contributed by atoms with van der Waals surface area (Å²) in [5, 5.41) is 3.01. The molecule has 3 rings (SSSR count). The molecule has 7 heteroatoms. The number of hydrogen-bond acceptors (Lipinski definition) is 6. The molecule has 0 unspecified atom stereocenters. The van der Waals surface area contributed by atoms with Crippen molar-refractivity contribution in [2.24, 2.45) is 0 Å². The van der Waals surface area contributed by atoms with Crippen LogP contribution < -0.4 is 10.2 Å². The summed E-state index contributed by atoms with van der Waals surface area (Å²) in [5.74, 6) is 1.19. The first kappa shape index (κ1) is 13.5. The summed E-state index contributed by atoms with van der Waals surface area (Å²) in [6.45, 7) is 3.38. The van der Waals surface area contributed by atoms with E-state index in [1.807, 2.05) is 0 Å². The monoisotopic (exact) mass is 287 g/mol. The van der Waals surface area contributed by atoms with E-state index in [0.717, 1.165) is 31.7 Å². The first-order valence-electron chi connectivity index (χ1n) is 6.96. The smallest absolute Gasteiger partial charge is 0.273 e. The molecule has 0 spiro atoms. The number of hydrogen-bond donors (Lipinski definition) is 1. The number of nitrogens with one attached hydrogen (secondary N) is 1. The predicted molar refractivity (Wildman–Crippen MR) is 76.0 cm³/mol. The lowest BCUT2D eigenvalue weighted by atomic mass is 10.1. The zero-order chi connectivity index (χ0) is 14.7. The predicted octanol–water partition coefficient (Wildman–Crippen LogP) is 1.17. The van der Waals surface area contributed by atoms with Crippen LogP contribution in [0.5, 0.6) is 0 Å². The van der Waals surface area contributed by atoms with Crippen molar-refractivity contribution in [3.05, 3.63) is 36.4 Å².